The third-order valence-electron chi connectivity index (χ3n) is 4.42. The van der Waals surface area contributed by atoms with Crippen LogP contribution in [0.2, 0.25) is 18.1 Å². The molecule has 0 aromatic rings. The molecule has 1 fully saturated rings. The normalized spacial score (nSPS) is 27.6. The fourth-order valence-corrected chi connectivity index (χ4v) is 3.14. The topological polar surface area (TPSA) is 47.9 Å². The molecule has 0 radical (unpaired) electrons. The molecule has 1 aliphatic rings. The second kappa shape index (κ2) is 6.50. The van der Waals surface area contributed by atoms with Gasteiger partial charge >= 0.3 is 0 Å². The van der Waals surface area contributed by atoms with Crippen molar-refractivity contribution >= 4 is 8.32 Å². The molecule has 0 amide bonds. The van der Waals surface area contributed by atoms with Crippen LogP contribution in [0.3, 0.4) is 0 Å². The highest BCUT2D eigenvalue weighted by Crippen LogP contribution is 2.38. The largest absolute Gasteiger partial charge is 0.414 e. The van der Waals surface area contributed by atoms with Gasteiger partial charge in [0.05, 0.1) is 12.7 Å². The van der Waals surface area contributed by atoms with E-state index in [0.717, 1.165) is 0 Å². The lowest BCUT2D eigenvalue weighted by atomic mass is 10.1. The van der Waals surface area contributed by atoms with E-state index in [-0.39, 0.29) is 17.2 Å². The monoisotopic (exact) mass is 316 g/mol. The van der Waals surface area contributed by atoms with Crippen LogP contribution in [-0.4, -0.2) is 44.1 Å². The van der Waals surface area contributed by atoms with Crippen molar-refractivity contribution in [3.8, 4) is 0 Å². The van der Waals surface area contributed by atoms with E-state index >= 15 is 0 Å². The molecule has 3 atom stereocenters. The third-order valence-corrected chi connectivity index (χ3v) is 8.92. The summed E-state index contributed by atoms with van der Waals surface area (Å²) in [5.74, 6) is -0.686. The summed E-state index contributed by atoms with van der Waals surface area (Å²) in [5.41, 5.74) is 0. The molecular weight excluding hydrogens is 284 g/mol. The average molecular weight is 317 g/mol. The maximum atomic E-state index is 10.2. The summed E-state index contributed by atoms with van der Waals surface area (Å²) < 4.78 is 18.0. The Morgan fingerprint density at radius 1 is 1.33 bits per heavy atom. The summed E-state index contributed by atoms with van der Waals surface area (Å²) in [4.78, 5) is 0. The van der Waals surface area contributed by atoms with Gasteiger partial charge in [-0.25, -0.2) is 0 Å². The fraction of sp³-hybridized carbons (Fsp3) is 0.875. The minimum absolute atomic E-state index is 0.150. The molecule has 1 saturated heterocycles. The van der Waals surface area contributed by atoms with Crippen LogP contribution in [0.1, 0.15) is 41.0 Å². The highest BCUT2D eigenvalue weighted by Gasteiger charge is 2.46. The van der Waals surface area contributed by atoms with Gasteiger partial charge in [-0.3, -0.25) is 0 Å². The van der Waals surface area contributed by atoms with Gasteiger partial charge in [0.25, 0.3) is 0 Å². The van der Waals surface area contributed by atoms with E-state index in [0.29, 0.717) is 13.0 Å². The Morgan fingerprint density at radius 2 is 1.90 bits per heavy atom. The van der Waals surface area contributed by atoms with E-state index in [2.05, 4.69) is 40.4 Å². The first kappa shape index (κ1) is 18.8. The molecule has 1 aliphatic heterocycles. The molecule has 5 heteroatoms. The summed E-state index contributed by atoms with van der Waals surface area (Å²) in [5, 5.41) is 10.4. The predicted molar refractivity (Wildman–Crippen MR) is 87.8 cm³/mol. The van der Waals surface area contributed by atoms with Gasteiger partial charge in [-0.15, -0.1) is 6.58 Å². The molecule has 0 aliphatic carbocycles. The number of aliphatic hydroxyl groups excluding tert-OH is 1. The molecule has 1 N–H and O–H groups in total. The molecule has 0 saturated carbocycles. The van der Waals surface area contributed by atoms with Gasteiger partial charge < -0.3 is 19.0 Å². The molecule has 0 spiro atoms. The Kier molecular flexibility index (Phi) is 5.84. The zero-order valence-electron chi connectivity index (χ0n) is 14.6. The van der Waals surface area contributed by atoms with Gasteiger partial charge in [-0.1, -0.05) is 26.8 Å². The molecule has 124 valence electrons. The third kappa shape index (κ3) is 4.89. The smallest absolute Gasteiger partial charge is 0.192 e. The molecule has 1 rings (SSSR count). The highest BCUT2D eigenvalue weighted by molar-refractivity contribution is 6.74. The lowest BCUT2D eigenvalue weighted by Crippen LogP contribution is -2.45. The van der Waals surface area contributed by atoms with Crippen molar-refractivity contribution < 1.29 is 19.0 Å². The van der Waals surface area contributed by atoms with Crippen LogP contribution in [-0.2, 0) is 13.9 Å². The summed E-state index contributed by atoms with van der Waals surface area (Å²) in [6, 6.07) is 0. The van der Waals surface area contributed by atoms with E-state index in [1.54, 1.807) is 6.08 Å². The van der Waals surface area contributed by atoms with Crippen molar-refractivity contribution in [2.24, 2.45) is 0 Å². The van der Waals surface area contributed by atoms with Crippen molar-refractivity contribution in [2.45, 2.75) is 83.3 Å². The summed E-state index contributed by atoms with van der Waals surface area (Å²) in [6.45, 7) is 18.9. The van der Waals surface area contributed by atoms with Gasteiger partial charge in [0.15, 0.2) is 14.1 Å². The Hall–Kier alpha value is -0.203. The first-order valence-corrected chi connectivity index (χ1v) is 10.6. The highest BCUT2D eigenvalue weighted by atomic mass is 28.4. The van der Waals surface area contributed by atoms with Crippen LogP contribution in [0.4, 0.5) is 0 Å². The second-order valence-electron chi connectivity index (χ2n) is 7.80. The Labute approximate surface area is 130 Å². The molecule has 0 aromatic heterocycles. The maximum Gasteiger partial charge on any atom is 0.192 e. The minimum Gasteiger partial charge on any atom is -0.414 e. The molecule has 1 heterocycles. The first-order chi connectivity index (χ1) is 9.39. The molecule has 4 nitrogen and oxygen atoms in total. The van der Waals surface area contributed by atoms with Gasteiger partial charge in [-0.2, -0.15) is 0 Å². The number of ether oxygens (including phenoxy) is 2. The number of aliphatic hydroxyl groups is 1. The minimum atomic E-state index is -1.84. The predicted octanol–water partition coefficient (Wildman–Crippen LogP) is 3.47. The fourth-order valence-electron chi connectivity index (χ4n) is 2.13. The van der Waals surface area contributed by atoms with Crippen LogP contribution in [0, 0.1) is 0 Å². The lowest BCUT2D eigenvalue weighted by Gasteiger charge is -2.37. The summed E-state index contributed by atoms with van der Waals surface area (Å²) in [6.07, 6.45) is 0.954. The first-order valence-electron chi connectivity index (χ1n) is 7.68. The second-order valence-corrected chi connectivity index (χ2v) is 12.6. The Morgan fingerprint density at radius 3 is 2.38 bits per heavy atom. The molecule has 21 heavy (non-hydrogen) atoms. The molecule has 0 aromatic carbocycles. The van der Waals surface area contributed by atoms with Gasteiger partial charge in [-0.05, 0) is 38.4 Å². The van der Waals surface area contributed by atoms with Crippen LogP contribution in [0.15, 0.2) is 12.7 Å². The van der Waals surface area contributed by atoms with Crippen LogP contribution in [0.5, 0.6) is 0 Å². The van der Waals surface area contributed by atoms with Crippen LogP contribution in [0.25, 0.3) is 0 Å². The number of hydrogen-bond acceptors (Lipinski definition) is 4. The van der Waals surface area contributed by atoms with Crippen molar-refractivity contribution in [3.63, 3.8) is 0 Å². The summed E-state index contributed by atoms with van der Waals surface area (Å²) >= 11 is 0. The van der Waals surface area contributed by atoms with Crippen LogP contribution < -0.4 is 0 Å². The SMILES string of the molecule is C=CC[C@@H](O)[C@H]1OC(C)(C)O[C@@H]1CO[Si](C)(C)C(C)(C)C. The zero-order valence-corrected chi connectivity index (χ0v) is 15.6. The lowest BCUT2D eigenvalue weighted by molar-refractivity contribution is -0.156. The number of hydrogen-bond donors (Lipinski definition) is 1. The average Bonchev–Trinajstić information content (AvgIpc) is 2.61. The van der Waals surface area contributed by atoms with E-state index in [4.69, 9.17) is 13.9 Å². The van der Waals surface area contributed by atoms with Gasteiger partial charge in [0.2, 0.25) is 0 Å². The van der Waals surface area contributed by atoms with E-state index in [9.17, 15) is 5.11 Å². The maximum absolute atomic E-state index is 10.2. The van der Waals surface area contributed by atoms with E-state index in [1.807, 2.05) is 13.8 Å². The zero-order chi connectivity index (χ0) is 16.5. The van der Waals surface area contributed by atoms with Crippen LogP contribution >= 0.6 is 0 Å². The van der Waals surface area contributed by atoms with Gasteiger partial charge in [0, 0.05) is 0 Å². The quantitative estimate of drug-likeness (QED) is 0.602. The Bertz CT molecular complexity index is 360. The van der Waals surface area contributed by atoms with Crippen molar-refractivity contribution in [1.29, 1.82) is 0 Å². The van der Waals surface area contributed by atoms with Crippen molar-refractivity contribution in [2.75, 3.05) is 6.61 Å². The van der Waals surface area contributed by atoms with Gasteiger partial charge in [0.1, 0.15) is 12.2 Å². The molecule has 0 bridgehead atoms. The molecule has 0 unspecified atom stereocenters. The number of rotatable bonds is 6. The van der Waals surface area contributed by atoms with E-state index < -0.39 is 20.2 Å². The van der Waals surface area contributed by atoms with E-state index in [1.165, 1.54) is 0 Å². The summed E-state index contributed by atoms with van der Waals surface area (Å²) in [7, 11) is -1.84. The molecular formula is C16H32O4Si. The van der Waals surface area contributed by atoms with Crippen molar-refractivity contribution in [3.05, 3.63) is 12.7 Å². The van der Waals surface area contributed by atoms with Crippen molar-refractivity contribution in [1.82, 2.24) is 0 Å². The standard InChI is InChI=1S/C16H32O4Si/c1-9-10-12(17)14-13(19-16(5,6)20-14)11-18-21(7,8)15(2,3)4/h9,12-14,17H,1,10-11H2,2-8H3/t12-,13-,14-/m1/s1. The Balaban J connectivity index is 2.73.